The first-order valence-electron chi connectivity index (χ1n) is 13.3. The Hall–Kier alpha value is -4.80. The lowest BCUT2D eigenvalue weighted by Crippen LogP contribution is -2.51. The zero-order chi connectivity index (χ0) is 27.7. The molecule has 4 aliphatic rings. The third kappa shape index (κ3) is 3.50. The van der Waals surface area contributed by atoms with Crippen LogP contribution in [-0.4, -0.2) is 56.6 Å². The molecule has 40 heavy (non-hydrogen) atoms. The Labute approximate surface area is 228 Å². The quantitative estimate of drug-likeness (QED) is 0.371. The van der Waals surface area contributed by atoms with Crippen LogP contribution in [0.15, 0.2) is 65.5 Å². The van der Waals surface area contributed by atoms with E-state index in [1.54, 1.807) is 57.2 Å². The van der Waals surface area contributed by atoms with Crippen molar-refractivity contribution in [2.45, 2.75) is 31.5 Å². The van der Waals surface area contributed by atoms with Gasteiger partial charge in [-0.3, -0.25) is 34.2 Å². The van der Waals surface area contributed by atoms with E-state index >= 15 is 0 Å². The van der Waals surface area contributed by atoms with Crippen LogP contribution >= 0.6 is 0 Å². The first kappa shape index (κ1) is 24.3. The van der Waals surface area contributed by atoms with E-state index in [1.807, 2.05) is 12.1 Å². The largest absolute Gasteiger partial charge is 0.342 e. The van der Waals surface area contributed by atoms with Gasteiger partial charge in [-0.2, -0.15) is 0 Å². The van der Waals surface area contributed by atoms with E-state index in [-0.39, 0.29) is 42.5 Å². The van der Waals surface area contributed by atoms with Crippen LogP contribution in [0.3, 0.4) is 0 Å². The molecule has 0 N–H and O–H groups in total. The average Bonchev–Trinajstić information content (AvgIpc) is 3.25. The van der Waals surface area contributed by atoms with Crippen LogP contribution < -0.4 is 10.5 Å². The molecule has 3 unspecified atom stereocenters. The fourth-order valence-electron chi connectivity index (χ4n) is 6.85. The van der Waals surface area contributed by atoms with E-state index in [2.05, 4.69) is 0 Å². The summed E-state index contributed by atoms with van der Waals surface area (Å²) in [7, 11) is 0. The summed E-state index contributed by atoms with van der Waals surface area (Å²) in [6, 6.07) is 17.2. The van der Waals surface area contributed by atoms with Crippen LogP contribution in [0.4, 0.5) is 11.4 Å². The van der Waals surface area contributed by atoms with Gasteiger partial charge in [0, 0.05) is 61.4 Å². The van der Waals surface area contributed by atoms with Crippen LogP contribution in [-0.2, 0) is 11.3 Å². The van der Waals surface area contributed by atoms with E-state index < -0.39 is 22.3 Å². The number of aromatic nitrogens is 1. The fraction of sp³-hybridized carbons (Fsp3) is 0.310. The number of carbonyl (C=O) groups excluding carboxylic acids is 3. The lowest BCUT2D eigenvalue weighted by atomic mass is 9.83. The number of hydrogen-bond donors (Lipinski definition) is 0. The molecule has 4 aliphatic heterocycles. The molecular weight excluding hydrogens is 514 g/mol. The fourth-order valence-corrected chi connectivity index (χ4v) is 6.85. The van der Waals surface area contributed by atoms with Crippen molar-refractivity contribution in [1.82, 2.24) is 14.4 Å². The smallest absolute Gasteiger partial charge is 0.334 e. The summed E-state index contributed by atoms with van der Waals surface area (Å²) in [4.78, 5) is 68.8. The number of amides is 3. The SMILES string of the molecule is O=C(CCN1C(=O)c2ccccc2N2C(=O)c3ccccc3C12)N1CC2CC(C1)c1ccc([N+](=O)[O-])c(=O)n1C2. The minimum Gasteiger partial charge on any atom is -0.342 e. The number of carbonyl (C=O) groups is 3. The molecule has 0 aliphatic carbocycles. The molecular formula is C29H25N5O6. The summed E-state index contributed by atoms with van der Waals surface area (Å²) in [6.45, 7) is 1.31. The predicted octanol–water partition coefficient (Wildman–Crippen LogP) is 2.91. The Balaban J connectivity index is 1.13. The molecule has 0 spiro atoms. The van der Waals surface area contributed by atoms with Crippen molar-refractivity contribution in [1.29, 1.82) is 0 Å². The highest BCUT2D eigenvalue weighted by Crippen LogP contribution is 2.45. The summed E-state index contributed by atoms with van der Waals surface area (Å²) < 4.78 is 1.49. The van der Waals surface area contributed by atoms with Crippen molar-refractivity contribution < 1.29 is 19.3 Å². The Kier molecular flexibility index (Phi) is 5.38. The van der Waals surface area contributed by atoms with Crippen molar-refractivity contribution in [2.24, 2.45) is 5.92 Å². The Morgan fingerprint density at radius 1 is 0.900 bits per heavy atom. The van der Waals surface area contributed by atoms with Gasteiger partial charge in [-0.1, -0.05) is 30.3 Å². The number of rotatable bonds is 4. The molecule has 3 aromatic rings. The molecule has 1 aromatic heterocycles. The van der Waals surface area contributed by atoms with Gasteiger partial charge in [0.05, 0.1) is 16.2 Å². The number of pyridine rings is 1. The van der Waals surface area contributed by atoms with Crippen LogP contribution in [0.1, 0.15) is 56.9 Å². The van der Waals surface area contributed by atoms with Crippen molar-refractivity contribution >= 4 is 29.1 Å². The molecule has 3 atom stereocenters. The number of benzene rings is 2. The molecule has 0 radical (unpaired) electrons. The summed E-state index contributed by atoms with van der Waals surface area (Å²) in [5.74, 6) is -0.589. The third-order valence-corrected chi connectivity index (χ3v) is 8.58. The van der Waals surface area contributed by atoms with Crippen molar-refractivity contribution in [3.63, 3.8) is 0 Å². The van der Waals surface area contributed by atoms with Gasteiger partial charge in [0.25, 0.3) is 11.8 Å². The third-order valence-electron chi connectivity index (χ3n) is 8.58. The molecule has 11 nitrogen and oxygen atoms in total. The van der Waals surface area contributed by atoms with Crippen LogP contribution in [0.5, 0.6) is 0 Å². The number of nitro groups is 1. The van der Waals surface area contributed by atoms with Crippen LogP contribution in [0.25, 0.3) is 0 Å². The molecule has 11 heteroatoms. The number of hydrogen-bond acceptors (Lipinski definition) is 6. The van der Waals surface area contributed by atoms with E-state index in [0.717, 1.165) is 12.0 Å². The number of anilines is 1. The summed E-state index contributed by atoms with van der Waals surface area (Å²) in [5.41, 5.74) is 1.96. The van der Waals surface area contributed by atoms with Gasteiger partial charge in [0.15, 0.2) is 0 Å². The van der Waals surface area contributed by atoms with Crippen molar-refractivity contribution in [2.75, 3.05) is 24.5 Å². The number of para-hydroxylation sites is 1. The molecule has 202 valence electrons. The predicted molar refractivity (Wildman–Crippen MR) is 143 cm³/mol. The first-order chi connectivity index (χ1) is 19.3. The molecule has 1 saturated heterocycles. The molecule has 5 heterocycles. The van der Waals surface area contributed by atoms with Gasteiger partial charge in [0.2, 0.25) is 5.91 Å². The monoisotopic (exact) mass is 539 g/mol. The zero-order valence-corrected chi connectivity index (χ0v) is 21.4. The van der Waals surface area contributed by atoms with E-state index in [1.165, 1.54) is 10.6 Å². The average molecular weight is 540 g/mol. The lowest BCUT2D eigenvalue weighted by Gasteiger charge is -2.43. The minimum absolute atomic E-state index is 0.00761. The van der Waals surface area contributed by atoms with Crippen molar-refractivity contribution in [3.8, 4) is 0 Å². The van der Waals surface area contributed by atoms with Gasteiger partial charge in [-0.25, -0.2) is 0 Å². The molecule has 7 rings (SSSR count). The van der Waals surface area contributed by atoms with Crippen LogP contribution in [0.2, 0.25) is 0 Å². The Bertz CT molecular complexity index is 1680. The van der Waals surface area contributed by atoms with E-state index in [4.69, 9.17) is 0 Å². The summed E-state index contributed by atoms with van der Waals surface area (Å²) >= 11 is 0. The maximum atomic E-state index is 13.7. The topological polar surface area (TPSA) is 126 Å². The second-order valence-electron chi connectivity index (χ2n) is 10.8. The number of fused-ring (bicyclic) bond motifs is 9. The number of likely N-dealkylation sites (tertiary alicyclic amines) is 1. The van der Waals surface area contributed by atoms with Crippen molar-refractivity contribution in [3.05, 3.63) is 104 Å². The highest BCUT2D eigenvalue weighted by atomic mass is 16.6. The first-order valence-corrected chi connectivity index (χ1v) is 13.3. The minimum atomic E-state index is -0.659. The highest BCUT2D eigenvalue weighted by Gasteiger charge is 2.47. The maximum absolute atomic E-state index is 13.7. The van der Waals surface area contributed by atoms with Gasteiger partial charge >= 0.3 is 11.2 Å². The number of piperidine rings is 1. The van der Waals surface area contributed by atoms with Gasteiger partial charge in [-0.15, -0.1) is 0 Å². The second-order valence-corrected chi connectivity index (χ2v) is 10.8. The standard InChI is InChI=1S/C29H25N5O6/c35-25(30-14-17-13-18(16-30)22-9-10-24(34(39)40)29(38)32(22)15-17)11-12-31-26-19-5-1-2-6-20(19)28(37)33(26)23-8-4-3-7-21(23)27(31)36/h1-10,17-18,26H,11-16H2. The molecule has 1 fully saturated rings. The Morgan fingerprint density at radius 2 is 1.65 bits per heavy atom. The molecule has 0 saturated carbocycles. The second kappa shape index (κ2) is 8.87. The van der Waals surface area contributed by atoms with E-state index in [9.17, 15) is 29.3 Å². The normalized spacial score (nSPS) is 22.4. The molecule has 2 aromatic carbocycles. The summed E-state index contributed by atoms with van der Waals surface area (Å²) in [5, 5.41) is 11.2. The molecule has 2 bridgehead atoms. The Morgan fingerprint density at radius 3 is 2.45 bits per heavy atom. The zero-order valence-electron chi connectivity index (χ0n) is 21.4. The highest BCUT2D eigenvalue weighted by molar-refractivity contribution is 6.16. The molecule has 3 amide bonds. The van der Waals surface area contributed by atoms with Crippen LogP contribution in [0, 0.1) is 16.0 Å². The maximum Gasteiger partial charge on any atom is 0.334 e. The van der Waals surface area contributed by atoms with Gasteiger partial charge in [-0.05, 0) is 36.6 Å². The van der Waals surface area contributed by atoms with Gasteiger partial charge < -0.3 is 14.4 Å². The van der Waals surface area contributed by atoms with Gasteiger partial charge in [0.1, 0.15) is 6.17 Å². The van der Waals surface area contributed by atoms with E-state index in [0.29, 0.717) is 42.1 Å². The lowest BCUT2D eigenvalue weighted by molar-refractivity contribution is -0.386. The number of nitrogens with zero attached hydrogens (tertiary/aromatic N) is 5. The summed E-state index contributed by atoms with van der Waals surface area (Å²) in [6.07, 6.45) is 0.272.